The molecule has 0 bridgehead atoms. The molecule has 0 N–H and O–H groups in total. The van der Waals surface area contributed by atoms with E-state index in [0.29, 0.717) is 5.56 Å². The van der Waals surface area contributed by atoms with Crippen molar-refractivity contribution in [2.45, 2.75) is 52.6 Å². The lowest BCUT2D eigenvalue weighted by molar-refractivity contribution is 0.0600. The normalized spacial score (nSPS) is 12.9. The smallest absolute Gasteiger partial charge is 0.337 e. The van der Waals surface area contributed by atoms with Crippen molar-refractivity contribution in [3.05, 3.63) is 41.5 Å². The van der Waals surface area contributed by atoms with Crippen molar-refractivity contribution in [1.29, 1.82) is 0 Å². The van der Waals surface area contributed by atoms with Crippen molar-refractivity contribution in [2.24, 2.45) is 0 Å². The van der Waals surface area contributed by atoms with Gasteiger partial charge in [-0.15, -0.1) is 0 Å². The Balaban J connectivity index is 2.55. The minimum atomic E-state index is -0.325. The fraction of sp³-hybridized carbons (Fsp3) is 0.500. The minimum absolute atomic E-state index is 0.204. The molecular weight excluding hydrogens is 264 g/mol. The molecule has 0 aromatic heterocycles. The maximum Gasteiger partial charge on any atom is 0.337 e. The molecule has 0 radical (unpaired) electrons. The number of rotatable bonds is 8. The van der Waals surface area contributed by atoms with Gasteiger partial charge in [-0.25, -0.2) is 4.79 Å². The third kappa shape index (κ3) is 6.03. The fourth-order valence-corrected chi connectivity index (χ4v) is 1.99. The summed E-state index contributed by atoms with van der Waals surface area (Å²) in [5.74, 6) is 0.472. The van der Waals surface area contributed by atoms with Crippen LogP contribution in [0.5, 0.6) is 5.75 Å². The Morgan fingerprint density at radius 3 is 2.43 bits per heavy atom. The first-order valence-corrected chi connectivity index (χ1v) is 7.61. The summed E-state index contributed by atoms with van der Waals surface area (Å²) in [4.78, 5) is 11.4. The molecule has 0 saturated carbocycles. The second kappa shape index (κ2) is 9.22. The van der Waals surface area contributed by atoms with Crippen LogP contribution in [0.3, 0.4) is 0 Å². The van der Waals surface area contributed by atoms with Crippen LogP contribution < -0.4 is 4.74 Å². The fourth-order valence-electron chi connectivity index (χ4n) is 1.99. The number of carbonyl (C=O) groups excluding carboxylic acids is 1. The topological polar surface area (TPSA) is 35.5 Å². The van der Waals surface area contributed by atoms with Crippen molar-refractivity contribution in [3.63, 3.8) is 0 Å². The lowest BCUT2D eigenvalue weighted by Gasteiger charge is -2.17. The molecule has 0 saturated heterocycles. The number of allylic oxidation sites excluding steroid dienone is 2. The van der Waals surface area contributed by atoms with Gasteiger partial charge >= 0.3 is 5.97 Å². The number of hydrogen-bond donors (Lipinski definition) is 0. The maximum atomic E-state index is 11.4. The van der Waals surface area contributed by atoms with Gasteiger partial charge in [-0.2, -0.15) is 0 Å². The predicted octanol–water partition coefficient (Wildman–Crippen LogP) is 4.77. The highest BCUT2D eigenvalue weighted by Crippen LogP contribution is 2.18. The predicted molar refractivity (Wildman–Crippen MR) is 85.8 cm³/mol. The average Bonchev–Trinajstić information content (AvgIpc) is 2.53. The monoisotopic (exact) mass is 290 g/mol. The van der Waals surface area contributed by atoms with Crippen molar-refractivity contribution < 1.29 is 14.3 Å². The molecule has 1 unspecified atom stereocenters. The molecule has 0 amide bonds. The molecular formula is C18H26O3. The molecule has 3 heteroatoms. The van der Waals surface area contributed by atoms with Crippen LogP contribution in [0, 0.1) is 0 Å². The third-order valence-electron chi connectivity index (χ3n) is 3.57. The molecule has 1 aromatic rings. The van der Waals surface area contributed by atoms with Crippen LogP contribution in [-0.4, -0.2) is 19.2 Å². The average molecular weight is 290 g/mol. The van der Waals surface area contributed by atoms with E-state index < -0.39 is 0 Å². The summed E-state index contributed by atoms with van der Waals surface area (Å²) in [5, 5.41) is 0. The van der Waals surface area contributed by atoms with Crippen LogP contribution in [-0.2, 0) is 4.74 Å². The van der Waals surface area contributed by atoms with E-state index >= 15 is 0 Å². The highest BCUT2D eigenvalue weighted by Gasteiger charge is 2.09. The Morgan fingerprint density at radius 2 is 1.90 bits per heavy atom. The summed E-state index contributed by atoms with van der Waals surface area (Å²) in [6.45, 7) is 6.46. The molecule has 0 aliphatic carbocycles. The van der Waals surface area contributed by atoms with Gasteiger partial charge in [0.25, 0.3) is 0 Å². The molecule has 21 heavy (non-hydrogen) atoms. The second-order valence-corrected chi connectivity index (χ2v) is 5.15. The van der Waals surface area contributed by atoms with Gasteiger partial charge in [0.2, 0.25) is 0 Å². The van der Waals surface area contributed by atoms with E-state index in [9.17, 15) is 4.79 Å². The van der Waals surface area contributed by atoms with E-state index in [-0.39, 0.29) is 12.1 Å². The van der Waals surface area contributed by atoms with Crippen LogP contribution in [0.15, 0.2) is 35.9 Å². The highest BCUT2D eigenvalue weighted by molar-refractivity contribution is 5.89. The zero-order valence-electron chi connectivity index (χ0n) is 13.5. The number of esters is 1. The molecule has 0 aliphatic rings. The van der Waals surface area contributed by atoms with Crippen LogP contribution in [0.25, 0.3) is 0 Å². The summed E-state index contributed by atoms with van der Waals surface area (Å²) in [7, 11) is 1.38. The molecule has 0 spiro atoms. The minimum Gasteiger partial charge on any atom is -0.490 e. The highest BCUT2D eigenvalue weighted by atomic mass is 16.5. The van der Waals surface area contributed by atoms with Crippen molar-refractivity contribution in [2.75, 3.05) is 7.11 Å². The van der Waals surface area contributed by atoms with Gasteiger partial charge < -0.3 is 9.47 Å². The van der Waals surface area contributed by atoms with Crippen LogP contribution in [0.4, 0.5) is 0 Å². The number of carbonyl (C=O) groups is 1. The second-order valence-electron chi connectivity index (χ2n) is 5.15. The standard InChI is InChI=1S/C18H26O3/c1-5-14(3)8-7-9-16(6-2)21-17-12-10-15(11-13-17)18(19)20-4/h8,10-13,16H,5-7,9H2,1-4H3. The maximum absolute atomic E-state index is 11.4. The summed E-state index contributed by atoms with van der Waals surface area (Å²) >= 11 is 0. The van der Waals surface area contributed by atoms with Crippen molar-refractivity contribution >= 4 is 5.97 Å². The molecule has 1 atom stereocenters. The van der Waals surface area contributed by atoms with E-state index in [4.69, 9.17) is 4.74 Å². The van der Waals surface area contributed by atoms with Gasteiger partial charge in [0.15, 0.2) is 0 Å². The van der Waals surface area contributed by atoms with Gasteiger partial charge in [0, 0.05) is 0 Å². The summed E-state index contributed by atoms with van der Waals surface area (Å²) in [5.41, 5.74) is 1.96. The van der Waals surface area contributed by atoms with E-state index in [1.165, 1.54) is 12.7 Å². The Hall–Kier alpha value is -1.77. The Bertz CT molecular complexity index is 460. The summed E-state index contributed by atoms with van der Waals surface area (Å²) in [6, 6.07) is 7.11. The SMILES string of the molecule is CCC(C)=CCCC(CC)Oc1ccc(C(=O)OC)cc1. The first-order chi connectivity index (χ1) is 10.1. The number of hydrogen-bond acceptors (Lipinski definition) is 3. The van der Waals surface area contributed by atoms with Crippen LogP contribution in [0.2, 0.25) is 0 Å². The number of ether oxygens (including phenoxy) is 2. The van der Waals surface area contributed by atoms with Gasteiger partial charge in [-0.05, 0) is 56.9 Å². The summed E-state index contributed by atoms with van der Waals surface area (Å²) < 4.78 is 10.6. The first kappa shape index (κ1) is 17.3. The number of benzene rings is 1. The van der Waals surface area contributed by atoms with Gasteiger partial charge in [-0.1, -0.05) is 25.5 Å². The summed E-state index contributed by atoms with van der Waals surface area (Å²) in [6.07, 6.45) is 6.61. The lowest BCUT2D eigenvalue weighted by Crippen LogP contribution is -2.15. The molecule has 0 aliphatic heterocycles. The Labute approximate surface area is 128 Å². The third-order valence-corrected chi connectivity index (χ3v) is 3.57. The van der Waals surface area contributed by atoms with Crippen molar-refractivity contribution in [1.82, 2.24) is 0 Å². The molecule has 0 heterocycles. The Morgan fingerprint density at radius 1 is 1.24 bits per heavy atom. The van der Waals surface area contributed by atoms with E-state index in [0.717, 1.165) is 31.4 Å². The van der Waals surface area contributed by atoms with Crippen LogP contribution in [0.1, 0.15) is 56.8 Å². The first-order valence-electron chi connectivity index (χ1n) is 7.61. The molecule has 1 aromatic carbocycles. The van der Waals surface area contributed by atoms with Gasteiger partial charge in [0.05, 0.1) is 18.8 Å². The molecule has 1 rings (SSSR count). The zero-order valence-corrected chi connectivity index (χ0v) is 13.5. The van der Waals surface area contributed by atoms with Gasteiger partial charge in [-0.3, -0.25) is 0 Å². The van der Waals surface area contributed by atoms with E-state index in [2.05, 4.69) is 31.6 Å². The largest absolute Gasteiger partial charge is 0.490 e. The zero-order chi connectivity index (χ0) is 15.7. The van der Waals surface area contributed by atoms with E-state index in [1.54, 1.807) is 12.1 Å². The van der Waals surface area contributed by atoms with Gasteiger partial charge in [0.1, 0.15) is 5.75 Å². The van der Waals surface area contributed by atoms with Crippen LogP contribution >= 0.6 is 0 Å². The lowest BCUT2D eigenvalue weighted by atomic mass is 10.1. The molecule has 3 nitrogen and oxygen atoms in total. The quantitative estimate of drug-likeness (QED) is 0.511. The molecule has 116 valence electrons. The van der Waals surface area contributed by atoms with Crippen molar-refractivity contribution in [3.8, 4) is 5.75 Å². The molecule has 0 fully saturated rings. The number of methoxy groups -OCH3 is 1. The Kier molecular flexibility index (Phi) is 7.59. The van der Waals surface area contributed by atoms with E-state index in [1.807, 2.05) is 12.1 Å².